The van der Waals surface area contributed by atoms with Gasteiger partial charge in [0.15, 0.2) is 0 Å². The molecule has 1 saturated carbocycles. The van der Waals surface area contributed by atoms with Crippen LogP contribution in [0, 0.1) is 5.92 Å². The van der Waals surface area contributed by atoms with Gasteiger partial charge in [0.1, 0.15) is 0 Å². The van der Waals surface area contributed by atoms with Crippen LogP contribution < -0.4 is 5.73 Å². The van der Waals surface area contributed by atoms with E-state index in [9.17, 15) is 0 Å². The summed E-state index contributed by atoms with van der Waals surface area (Å²) in [7, 11) is 0. The number of nitrogens with zero attached hydrogens (tertiary/aromatic N) is 2. The maximum absolute atomic E-state index is 6.18. The summed E-state index contributed by atoms with van der Waals surface area (Å²) in [6.07, 6.45) is 5.35. The van der Waals surface area contributed by atoms with Gasteiger partial charge in [-0.05, 0) is 46.0 Å². The second-order valence-corrected chi connectivity index (χ2v) is 7.59. The lowest BCUT2D eigenvalue weighted by molar-refractivity contribution is 0.00472. The number of nitrogens with two attached hydrogens (primary N) is 1. The summed E-state index contributed by atoms with van der Waals surface area (Å²) < 4.78 is 0. The van der Waals surface area contributed by atoms with E-state index in [1.807, 2.05) is 0 Å². The zero-order valence-corrected chi connectivity index (χ0v) is 13.4. The van der Waals surface area contributed by atoms with Crippen molar-refractivity contribution in [1.82, 2.24) is 9.80 Å². The zero-order chi connectivity index (χ0) is 14.1. The fourth-order valence-electron chi connectivity index (χ4n) is 4.02. The molecule has 0 spiro atoms. The SMILES string of the molecule is CCC1CCC(CN)(N2CCN(C(C)(C)C)CC2)C1. The molecule has 0 bridgehead atoms. The second kappa shape index (κ2) is 5.71. The maximum atomic E-state index is 6.18. The van der Waals surface area contributed by atoms with E-state index < -0.39 is 0 Å². The topological polar surface area (TPSA) is 32.5 Å². The Kier molecular flexibility index (Phi) is 4.59. The summed E-state index contributed by atoms with van der Waals surface area (Å²) in [6.45, 7) is 14.9. The van der Waals surface area contributed by atoms with Crippen molar-refractivity contribution in [2.75, 3.05) is 32.7 Å². The summed E-state index contributed by atoms with van der Waals surface area (Å²) >= 11 is 0. The van der Waals surface area contributed by atoms with Crippen molar-refractivity contribution in [3.63, 3.8) is 0 Å². The van der Waals surface area contributed by atoms with Crippen LogP contribution in [0.4, 0.5) is 0 Å². The third-order valence-corrected chi connectivity index (χ3v) is 5.54. The van der Waals surface area contributed by atoms with Crippen LogP contribution >= 0.6 is 0 Å². The largest absolute Gasteiger partial charge is 0.329 e. The van der Waals surface area contributed by atoms with Gasteiger partial charge in [-0.15, -0.1) is 0 Å². The number of hydrogen-bond acceptors (Lipinski definition) is 3. The van der Waals surface area contributed by atoms with Gasteiger partial charge in [0.05, 0.1) is 0 Å². The van der Waals surface area contributed by atoms with Crippen LogP contribution in [0.2, 0.25) is 0 Å². The lowest BCUT2D eigenvalue weighted by Gasteiger charge is -2.49. The van der Waals surface area contributed by atoms with Crippen LogP contribution in [0.1, 0.15) is 53.4 Å². The molecule has 0 radical (unpaired) electrons. The van der Waals surface area contributed by atoms with E-state index in [0.29, 0.717) is 11.1 Å². The zero-order valence-electron chi connectivity index (χ0n) is 13.4. The molecule has 2 atom stereocenters. The van der Waals surface area contributed by atoms with Gasteiger partial charge in [0.25, 0.3) is 0 Å². The standard InChI is InChI=1S/C16H33N3/c1-5-14-6-7-16(12-14,13-17)19-10-8-18(9-11-19)15(2,3)4/h14H,5-13,17H2,1-4H3. The Morgan fingerprint density at radius 3 is 2.21 bits per heavy atom. The summed E-state index contributed by atoms with van der Waals surface area (Å²) in [4.78, 5) is 5.32. The molecule has 2 N–H and O–H groups in total. The van der Waals surface area contributed by atoms with Gasteiger partial charge in [0.2, 0.25) is 0 Å². The Morgan fingerprint density at radius 1 is 1.16 bits per heavy atom. The Hall–Kier alpha value is -0.120. The molecule has 0 amide bonds. The first-order valence-electron chi connectivity index (χ1n) is 8.11. The number of rotatable bonds is 3. The van der Waals surface area contributed by atoms with Crippen LogP contribution in [0.25, 0.3) is 0 Å². The molecule has 0 aromatic carbocycles. The highest BCUT2D eigenvalue weighted by molar-refractivity contribution is 5.00. The van der Waals surface area contributed by atoms with E-state index in [1.165, 1.54) is 51.9 Å². The molecule has 2 aliphatic rings. The molecule has 1 aliphatic heterocycles. The summed E-state index contributed by atoms with van der Waals surface area (Å²) in [6, 6.07) is 0. The molecule has 2 rings (SSSR count). The summed E-state index contributed by atoms with van der Waals surface area (Å²) in [5.41, 5.74) is 6.81. The Bertz CT molecular complexity index is 289. The van der Waals surface area contributed by atoms with Crippen LogP contribution in [-0.4, -0.2) is 53.6 Å². The van der Waals surface area contributed by atoms with Gasteiger partial charge in [-0.25, -0.2) is 0 Å². The van der Waals surface area contributed by atoms with Crippen LogP contribution in [0.3, 0.4) is 0 Å². The maximum Gasteiger partial charge on any atom is 0.0335 e. The number of piperazine rings is 1. The van der Waals surface area contributed by atoms with Gasteiger partial charge in [-0.1, -0.05) is 13.3 Å². The van der Waals surface area contributed by atoms with Crippen molar-refractivity contribution in [2.24, 2.45) is 11.7 Å². The molecule has 0 aromatic rings. The summed E-state index contributed by atoms with van der Waals surface area (Å²) in [5.74, 6) is 0.907. The minimum absolute atomic E-state index is 0.309. The molecule has 112 valence electrons. The van der Waals surface area contributed by atoms with Gasteiger partial charge >= 0.3 is 0 Å². The van der Waals surface area contributed by atoms with E-state index >= 15 is 0 Å². The lowest BCUT2D eigenvalue weighted by atomic mass is 9.91. The second-order valence-electron chi connectivity index (χ2n) is 7.59. The highest BCUT2D eigenvalue weighted by atomic mass is 15.3. The number of hydrogen-bond donors (Lipinski definition) is 1. The molecule has 19 heavy (non-hydrogen) atoms. The molecular weight excluding hydrogens is 234 g/mol. The van der Waals surface area contributed by atoms with Crippen LogP contribution in [0.5, 0.6) is 0 Å². The average molecular weight is 267 g/mol. The van der Waals surface area contributed by atoms with Gasteiger partial charge in [0, 0.05) is 43.8 Å². The first-order valence-corrected chi connectivity index (χ1v) is 8.11. The molecule has 3 nitrogen and oxygen atoms in total. The Balaban J connectivity index is 1.96. The van der Waals surface area contributed by atoms with Crippen molar-refractivity contribution in [1.29, 1.82) is 0 Å². The normalized spacial score (nSPS) is 34.9. The van der Waals surface area contributed by atoms with E-state index in [4.69, 9.17) is 5.73 Å². The lowest BCUT2D eigenvalue weighted by Crippen LogP contribution is -2.61. The fourth-order valence-corrected chi connectivity index (χ4v) is 4.02. The predicted molar refractivity (Wildman–Crippen MR) is 82.3 cm³/mol. The van der Waals surface area contributed by atoms with E-state index in [1.54, 1.807) is 0 Å². The molecule has 2 unspecified atom stereocenters. The molecule has 1 aliphatic carbocycles. The van der Waals surface area contributed by atoms with Crippen molar-refractivity contribution < 1.29 is 0 Å². The van der Waals surface area contributed by atoms with Crippen LogP contribution in [-0.2, 0) is 0 Å². The Morgan fingerprint density at radius 2 is 1.79 bits per heavy atom. The smallest absolute Gasteiger partial charge is 0.0335 e. The van der Waals surface area contributed by atoms with Crippen molar-refractivity contribution in [3.8, 4) is 0 Å². The third-order valence-electron chi connectivity index (χ3n) is 5.54. The van der Waals surface area contributed by atoms with Crippen molar-refractivity contribution >= 4 is 0 Å². The minimum atomic E-state index is 0.309. The quantitative estimate of drug-likeness (QED) is 0.852. The average Bonchev–Trinajstić information content (AvgIpc) is 2.83. The molecule has 0 aromatic heterocycles. The summed E-state index contributed by atoms with van der Waals surface area (Å²) in [5, 5.41) is 0. The molecule has 2 fully saturated rings. The highest BCUT2D eigenvalue weighted by Gasteiger charge is 2.43. The van der Waals surface area contributed by atoms with Crippen molar-refractivity contribution in [2.45, 2.75) is 64.5 Å². The molecule has 1 saturated heterocycles. The van der Waals surface area contributed by atoms with Gasteiger partial charge in [-0.3, -0.25) is 9.80 Å². The van der Waals surface area contributed by atoms with E-state index in [2.05, 4.69) is 37.5 Å². The molecule has 1 heterocycles. The highest BCUT2D eigenvalue weighted by Crippen LogP contribution is 2.40. The van der Waals surface area contributed by atoms with Gasteiger partial charge < -0.3 is 5.73 Å². The Labute approximate surface area is 119 Å². The predicted octanol–water partition coefficient (Wildman–Crippen LogP) is 2.31. The third kappa shape index (κ3) is 3.14. The monoisotopic (exact) mass is 267 g/mol. The fraction of sp³-hybridized carbons (Fsp3) is 1.00. The molecule has 3 heteroatoms. The first-order chi connectivity index (χ1) is 8.91. The van der Waals surface area contributed by atoms with E-state index in [0.717, 1.165) is 12.5 Å². The molecular formula is C16H33N3. The van der Waals surface area contributed by atoms with Gasteiger partial charge in [-0.2, -0.15) is 0 Å². The van der Waals surface area contributed by atoms with Crippen LogP contribution in [0.15, 0.2) is 0 Å². The van der Waals surface area contributed by atoms with E-state index in [-0.39, 0.29) is 0 Å². The minimum Gasteiger partial charge on any atom is -0.329 e. The first kappa shape index (κ1) is 15.3. The van der Waals surface area contributed by atoms with Crippen molar-refractivity contribution in [3.05, 3.63) is 0 Å².